The van der Waals surface area contributed by atoms with E-state index >= 15 is 0 Å². The second-order valence-electron chi connectivity index (χ2n) is 11.4. The van der Waals surface area contributed by atoms with E-state index in [-0.39, 0.29) is 31.2 Å². The molecule has 1 atom stereocenters. The lowest BCUT2D eigenvalue weighted by atomic mass is 9.93. The molecule has 0 amide bonds. The van der Waals surface area contributed by atoms with Crippen LogP contribution in [0, 0.1) is 17.2 Å². The second kappa shape index (κ2) is 18.2. The molecule has 1 unspecified atom stereocenters. The number of unbranched alkanes of at least 4 members (excludes halogenated alkanes) is 1. The maximum atomic E-state index is 13.1. The van der Waals surface area contributed by atoms with Crippen LogP contribution in [0.4, 0.5) is 0 Å². The predicted octanol–water partition coefficient (Wildman–Crippen LogP) is 7.99. The van der Waals surface area contributed by atoms with Gasteiger partial charge >= 0.3 is 11.9 Å². The van der Waals surface area contributed by atoms with Crippen LogP contribution in [0.3, 0.4) is 0 Å². The summed E-state index contributed by atoms with van der Waals surface area (Å²) >= 11 is 0. The van der Waals surface area contributed by atoms with Crippen molar-refractivity contribution >= 4 is 34.1 Å². The summed E-state index contributed by atoms with van der Waals surface area (Å²) in [5.41, 5.74) is 2.43. The van der Waals surface area contributed by atoms with Crippen molar-refractivity contribution < 1.29 is 33.3 Å². The van der Waals surface area contributed by atoms with Gasteiger partial charge in [-0.05, 0) is 64.6 Å². The zero-order chi connectivity index (χ0) is 34.3. The lowest BCUT2D eigenvalue weighted by Crippen LogP contribution is -2.16. The molecule has 4 rings (SSSR count). The van der Waals surface area contributed by atoms with Crippen LogP contribution in [-0.4, -0.2) is 51.3 Å². The van der Waals surface area contributed by atoms with E-state index in [0.717, 1.165) is 36.5 Å². The largest absolute Gasteiger partial charge is 0.497 e. The average molecular weight is 648 g/mol. The summed E-state index contributed by atoms with van der Waals surface area (Å²) in [6.07, 6.45) is 4.44. The van der Waals surface area contributed by atoms with Crippen molar-refractivity contribution in [1.29, 1.82) is 5.26 Å². The Morgan fingerprint density at radius 3 is 2.04 bits per heavy atom. The lowest BCUT2D eigenvalue weighted by Gasteiger charge is -2.14. The van der Waals surface area contributed by atoms with Crippen LogP contribution in [0.15, 0.2) is 96.6 Å². The number of carbonyl (C=O) groups excluding carboxylic acids is 3. The van der Waals surface area contributed by atoms with Crippen molar-refractivity contribution in [1.82, 2.24) is 0 Å². The first kappa shape index (κ1) is 35.6. The smallest absolute Gasteiger partial charge is 0.349 e. The number of ketones is 1. The molecular weight excluding hydrogens is 606 g/mol. The number of Topliss-reactive ketones (excluding diaryl/α,β-unsaturated/α-hetero) is 1. The van der Waals surface area contributed by atoms with E-state index in [1.54, 1.807) is 79.9 Å². The molecule has 0 saturated carbocycles. The van der Waals surface area contributed by atoms with Crippen LogP contribution in [0.25, 0.3) is 16.3 Å². The highest BCUT2D eigenvalue weighted by Gasteiger charge is 2.21. The topological polar surface area (TPSA) is 112 Å². The van der Waals surface area contributed by atoms with Crippen LogP contribution in [0.1, 0.15) is 71.4 Å². The minimum Gasteiger partial charge on any atom is -0.497 e. The van der Waals surface area contributed by atoms with Gasteiger partial charge in [-0.3, -0.25) is 4.79 Å². The van der Waals surface area contributed by atoms with E-state index in [0.29, 0.717) is 46.1 Å². The summed E-state index contributed by atoms with van der Waals surface area (Å²) in [7, 11) is 1.56. The van der Waals surface area contributed by atoms with E-state index in [2.05, 4.69) is 13.8 Å². The van der Waals surface area contributed by atoms with Gasteiger partial charge in [0.2, 0.25) is 0 Å². The third kappa shape index (κ3) is 9.63. The van der Waals surface area contributed by atoms with Gasteiger partial charge in [-0.15, -0.1) is 0 Å². The Labute approximate surface area is 281 Å². The van der Waals surface area contributed by atoms with Gasteiger partial charge in [-0.25, -0.2) is 9.59 Å². The van der Waals surface area contributed by atoms with Gasteiger partial charge in [0.05, 0.1) is 12.7 Å². The standard InChI is InChI=1S/C40H41NO7/c1-4-6-10-28(5-2)26-46-27-37(42)33-15-13-32-24-34(16-14-31(32)23-33)39(43)47-21-22-48-40(44)36(25-41)38(29-11-8-7-9-12-29)30-17-19-35(45-3)20-18-30/h7-9,11-20,23-24,28H,4-6,10,21-22,26-27H2,1-3H3. The van der Waals surface area contributed by atoms with Crippen LogP contribution in [0.5, 0.6) is 5.75 Å². The molecule has 0 spiro atoms. The van der Waals surface area contributed by atoms with Gasteiger partial charge in [0.25, 0.3) is 0 Å². The molecule has 8 heteroatoms. The Bertz CT molecular complexity index is 1770. The number of nitriles is 1. The molecular formula is C40H41NO7. The molecule has 248 valence electrons. The number of methoxy groups -OCH3 is 1. The molecule has 0 N–H and O–H groups in total. The number of rotatable bonds is 17. The summed E-state index contributed by atoms with van der Waals surface area (Å²) in [5.74, 6) is -0.404. The zero-order valence-corrected chi connectivity index (χ0v) is 27.7. The van der Waals surface area contributed by atoms with Crippen LogP contribution in [0.2, 0.25) is 0 Å². The van der Waals surface area contributed by atoms with Crippen molar-refractivity contribution in [3.8, 4) is 11.8 Å². The number of carbonyl (C=O) groups is 3. The van der Waals surface area contributed by atoms with E-state index in [9.17, 15) is 19.6 Å². The van der Waals surface area contributed by atoms with E-state index < -0.39 is 11.9 Å². The van der Waals surface area contributed by atoms with Crippen molar-refractivity contribution in [2.24, 2.45) is 5.92 Å². The molecule has 4 aromatic carbocycles. The Kier molecular flexibility index (Phi) is 13.5. The zero-order valence-electron chi connectivity index (χ0n) is 27.7. The minimum atomic E-state index is -0.827. The molecule has 0 bridgehead atoms. The van der Waals surface area contributed by atoms with Gasteiger partial charge in [0, 0.05) is 17.7 Å². The van der Waals surface area contributed by atoms with Crippen LogP contribution < -0.4 is 4.74 Å². The average Bonchev–Trinajstić information content (AvgIpc) is 3.13. The number of benzene rings is 4. The highest BCUT2D eigenvalue weighted by molar-refractivity contribution is 6.05. The van der Waals surface area contributed by atoms with Crippen LogP contribution >= 0.6 is 0 Å². The van der Waals surface area contributed by atoms with E-state index in [4.69, 9.17) is 18.9 Å². The summed E-state index contributed by atoms with van der Waals surface area (Å²) in [4.78, 5) is 38.6. The fraction of sp³-hybridized carbons (Fsp3) is 0.300. The molecule has 0 aromatic heterocycles. The first-order valence-corrected chi connectivity index (χ1v) is 16.2. The van der Waals surface area contributed by atoms with Gasteiger partial charge < -0.3 is 18.9 Å². The summed E-state index contributed by atoms with van der Waals surface area (Å²) in [6.45, 7) is 4.49. The summed E-state index contributed by atoms with van der Waals surface area (Å²) in [6, 6.07) is 28.5. The monoisotopic (exact) mass is 647 g/mol. The number of ether oxygens (including phenoxy) is 4. The Morgan fingerprint density at radius 2 is 1.40 bits per heavy atom. The SMILES string of the molecule is CCCCC(CC)COCC(=O)c1ccc2cc(C(=O)OCCOC(=O)C(C#N)=C(c3ccccc3)c3ccc(OC)cc3)ccc2c1. The fourth-order valence-corrected chi connectivity index (χ4v) is 5.29. The number of nitrogens with zero attached hydrogens (tertiary/aromatic N) is 1. The maximum Gasteiger partial charge on any atom is 0.349 e. The second-order valence-corrected chi connectivity index (χ2v) is 11.4. The van der Waals surface area contributed by atoms with Gasteiger partial charge in [0.15, 0.2) is 5.78 Å². The van der Waals surface area contributed by atoms with Gasteiger partial charge in [-0.1, -0.05) is 93.8 Å². The third-order valence-electron chi connectivity index (χ3n) is 8.08. The van der Waals surface area contributed by atoms with Crippen molar-refractivity contribution in [3.63, 3.8) is 0 Å². The fourth-order valence-electron chi connectivity index (χ4n) is 5.29. The molecule has 0 heterocycles. The van der Waals surface area contributed by atoms with E-state index in [1.807, 2.05) is 24.3 Å². The Hall–Kier alpha value is -5.26. The van der Waals surface area contributed by atoms with Gasteiger partial charge in [0.1, 0.15) is 37.2 Å². The van der Waals surface area contributed by atoms with Crippen molar-refractivity contribution in [2.45, 2.75) is 39.5 Å². The molecule has 0 fully saturated rings. The molecule has 4 aromatic rings. The number of hydrogen-bond acceptors (Lipinski definition) is 8. The summed E-state index contributed by atoms with van der Waals surface area (Å²) in [5, 5.41) is 11.5. The van der Waals surface area contributed by atoms with Gasteiger partial charge in [-0.2, -0.15) is 5.26 Å². The highest BCUT2D eigenvalue weighted by atomic mass is 16.6. The summed E-state index contributed by atoms with van der Waals surface area (Å²) < 4.78 is 21.7. The lowest BCUT2D eigenvalue weighted by molar-refractivity contribution is -0.139. The quantitative estimate of drug-likeness (QED) is 0.0373. The first-order valence-electron chi connectivity index (χ1n) is 16.2. The van der Waals surface area contributed by atoms with Crippen molar-refractivity contribution in [3.05, 3.63) is 119 Å². The molecule has 48 heavy (non-hydrogen) atoms. The number of fused-ring (bicyclic) bond motifs is 1. The predicted molar refractivity (Wildman–Crippen MR) is 185 cm³/mol. The van der Waals surface area contributed by atoms with Crippen LogP contribution in [-0.2, 0) is 19.0 Å². The normalized spacial score (nSPS) is 12.0. The molecule has 0 aliphatic heterocycles. The molecule has 0 aliphatic rings. The minimum absolute atomic E-state index is 0.0316. The molecule has 8 nitrogen and oxygen atoms in total. The Morgan fingerprint density at radius 1 is 0.771 bits per heavy atom. The van der Waals surface area contributed by atoms with E-state index in [1.165, 1.54) is 0 Å². The number of esters is 2. The maximum absolute atomic E-state index is 13.1. The third-order valence-corrected chi connectivity index (χ3v) is 8.08. The molecule has 0 aliphatic carbocycles. The first-order chi connectivity index (χ1) is 23.4. The highest BCUT2D eigenvalue weighted by Crippen LogP contribution is 2.29. The number of hydrogen-bond donors (Lipinski definition) is 0. The Balaban J connectivity index is 1.34. The molecule has 0 saturated heterocycles. The van der Waals surface area contributed by atoms with Crippen molar-refractivity contribution in [2.75, 3.05) is 33.5 Å². The molecule has 0 radical (unpaired) electrons.